The Balaban J connectivity index is 2.09. The van der Waals surface area contributed by atoms with Crippen LogP contribution in [-0.2, 0) is 0 Å². The molecule has 3 N–H and O–H groups in total. The number of hydrogen-bond donors (Lipinski definition) is 2. The summed E-state index contributed by atoms with van der Waals surface area (Å²) in [4.78, 5) is 12.3. The molecule has 1 aliphatic carbocycles. The van der Waals surface area contributed by atoms with Crippen molar-refractivity contribution in [1.29, 1.82) is 0 Å². The summed E-state index contributed by atoms with van der Waals surface area (Å²) >= 11 is 5.95. The van der Waals surface area contributed by atoms with Crippen LogP contribution >= 0.6 is 11.6 Å². The first-order chi connectivity index (χ1) is 9.08. The van der Waals surface area contributed by atoms with E-state index in [1.807, 2.05) is 13.0 Å². The first kappa shape index (κ1) is 14.4. The summed E-state index contributed by atoms with van der Waals surface area (Å²) in [7, 11) is 0. The molecule has 0 aromatic heterocycles. The Labute approximate surface area is 119 Å². The maximum Gasteiger partial charge on any atom is 0.251 e. The van der Waals surface area contributed by atoms with E-state index in [2.05, 4.69) is 5.32 Å². The molecular formula is C15H21ClN2O. The van der Waals surface area contributed by atoms with Crippen molar-refractivity contribution in [2.75, 3.05) is 0 Å². The summed E-state index contributed by atoms with van der Waals surface area (Å²) < 4.78 is 0. The van der Waals surface area contributed by atoms with Gasteiger partial charge in [-0.1, -0.05) is 36.9 Å². The first-order valence-corrected chi connectivity index (χ1v) is 7.28. The quantitative estimate of drug-likeness (QED) is 0.818. The number of rotatable bonds is 2. The Morgan fingerprint density at radius 3 is 2.84 bits per heavy atom. The Bertz CT molecular complexity index is 461. The fourth-order valence-corrected chi connectivity index (χ4v) is 2.77. The first-order valence-electron chi connectivity index (χ1n) is 6.90. The number of nitrogens with one attached hydrogen (secondary N) is 1. The lowest BCUT2D eigenvalue weighted by atomic mass is 10.0. The van der Waals surface area contributed by atoms with E-state index in [0.29, 0.717) is 10.6 Å². The SMILES string of the molecule is Cc1ccc(Cl)cc1C(=O)NC1CCCCCC1N. The summed E-state index contributed by atoms with van der Waals surface area (Å²) in [6, 6.07) is 5.52. The van der Waals surface area contributed by atoms with Crippen molar-refractivity contribution in [2.45, 2.75) is 51.1 Å². The van der Waals surface area contributed by atoms with Gasteiger partial charge in [-0.05, 0) is 37.5 Å². The van der Waals surface area contributed by atoms with Crippen LogP contribution in [0.5, 0.6) is 0 Å². The van der Waals surface area contributed by atoms with Gasteiger partial charge in [-0.3, -0.25) is 4.79 Å². The predicted octanol–water partition coefficient (Wildman–Crippen LogP) is 3.04. The van der Waals surface area contributed by atoms with Gasteiger partial charge in [-0.15, -0.1) is 0 Å². The Kier molecular flexibility index (Phi) is 4.83. The van der Waals surface area contributed by atoms with Crippen LogP contribution in [0.25, 0.3) is 0 Å². The third kappa shape index (κ3) is 3.71. The van der Waals surface area contributed by atoms with Crippen LogP contribution in [0, 0.1) is 6.92 Å². The third-order valence-electron chi connectivity index (χ3n) is 3.83. The molecule has 1 fully saturated rings. The number of carbonyl (C=O) groups excluding carboxylic acids is 1. The van der Waals surface area contributed by atoms with E-state index >= 15 is 0 Å². The topological polar surface area (TPSA) is 55.1 Å². The van der Waals surface area contributed by atoms with Gasteiger partial charge >= 0.3 is 0 Å². The summed E-state index contributed by atoms with van der Waals surface area (Å²) in [6.07, 6.45) is 5.44. The lowest BCUT2D eigenvalue weighted by Gasteiger charge is -2.23. The second-order valence-electron chi connectivity index (χ2n) is 5.34. The molecule has 104 valence electrons. The van der Waals surface area contributed by atoms with E-state index in [1.165, 1.54) is 6.42 Å². The molecule has 1 aliphatic rings. The van der Waals surface area contributed by atoms with Crippen LogP contribution < -0.4 is 11.1 Å². The van der Waals surface area contributed by atoms with Gasteiger partial charge in [0.25, 0.3) is 5.91 Å². The van der Waals surface area contributed by atoms with Gasteiger partial charge in [0.05, 0.1) is 0 Å². The summed E-state index contributed by atoms with van der Waals surface area (Å²) in [6.45, 7) is 1.91. The zero-order valence-electron chi connectivity index (χ0n) is 11.3. The van der Waals surface area contributed by atoms with Gasteiger partial charge in [-0.25, -0.2) is 0 Å². The van der Waals surface area contributed by atoms with Crippen molar-refractivity contribution >= 4 is 17.5 Å². The lowest BCUT2D eigenvalue weighted by molar-refractivity contribution is 0.0928. The maximum absolute atomic E-state index is 12.3. The molecule has 0 saturated heterocycles. The Morgan fingerprint density at radius 2 is 2.05 bits per heavy atom. The van der Waals surface area contributed by atoms with Crippen molar-refractivity contribution in [3.05, 3.63) is 34.3 Å². The maximum atomic E-state index is 12.3. The van der Waals surface area contributed by atoms with Crippen LogP contribution in [0.15, 0.2) is 18.2 Å². The van der Waals surface area contributed by atoms with Crippen molar-refractivity contribution in [1.82, 2.24) is 5.32 Å². The minimum absolute atomic E-state index is 0.0611. The van der Waals surface area contributed by atoms with Crippen LogP contribution in [0.4, 0.5) is 0 Å². The van der Waals surface area contributed by atoms with Gasteiger partial charge in [0.15, 0.2) is 0 Å². The number of carbonyl (C=O) groups is 1. The van der Waals surface area contributed by atoms with Crippen molar-refractivity contribution in [2.24, 2.45) is 5.73 Å². The molecule has 1 amide bonds. The van der Waals surface area contributed by atoms with E-state index < -0.39 is 0 Å². The van der Waals surface area contributed by atoms with Gasteiger partial charge in [-0.2, -0.15) is 0 Å². The number of halogens is 1. The number of amides is 1. The van der Waals surface area contributed by atoms with Gasteiger partial charge in [0.1, 0.15) is 0 Å². The zero-order valence-corrected chi connectivity index (χ0v) is 12.0. The average molecular weight is 281 g/mol. The van der Waals surface area contributed by atoms with Crippen molar-refractivity contribution < 1.29 is 4.79 Å². The Hall–Kier alpha value is -1.06. The molecule has 4 heteroatoms. The molecule has 1 saturated carbocycles. The fourth-order valence-electron chi connectivity index (χ4n) is 2.60. The fraction of sp³-hybridized carbons (Fsp3) is 0.533. The van der Waals surface area contributed by atoms with E-state index in [1.54, 1.807) is 12.1 Å². The van der Waals surface area contributed by atoms with Gasteiger partial charge < -0.3 is 11.1 Å². The number of aryl methyl sites for hydroxylation is 1. The van der Waals surface area contributed by atoms with Gasteiger partial charge in [0.2, 0.25) is 0 Å². The molecular weight excluding hydrogens is 260 g/mol. The van der Waals surface area contributed by atoms with E-state index in [0.717, 1.165) is 31.2 Å². The highest BCUT2D eigenvalue weighted by Crippen LogP contribution is 2.19. The molecule has 2 atom stereocenters. The molecule has 0 bridgehead atoms. The molecule has 2 rings (SSSR count). The number of hydrogen-bond acceptors (Lipinski definition) is 2. The standard InChI is InChI=1S/C15H21ClN2O/c1-10-7-8-11(16)9-12(10)15(19)18-14-6-4-2-3-5-13(14)17/h7-9,13-14H,2-6,17H2,1H3,(H,18,19). The molecule has 0 radical (unpaired) electrons. The van der Waals surface area contributed by atoms with Gasteiger partial charge in [0, 0.05) is 22.7 Å². The predicted molar refractivity (Wildman–Crippen MR) is 78.5 cm³/mol. The van der Waals surface area contributed by atoms with Crippen LogP contribution in [0.3, 0.4) is 0 Å². The summed E-state index contributed by atoms with van der Waals surface area (Å²) in [5, 5.41) is 3.65. The molecule has 3 nitrogen and oxygen atoms in total. The smallest absolute Gasteiger partial charge is 0.251 e. The van der Waals surface area contributed by atoms with E-state index in [-0.39, 0.29) is 18.0 Å². The highest BCUT2D eigenvalue weighted by molar-refractivity contribution is 6.31. The minimum Gasteiger partial charge on any atom is -0.348 e. The third-order valence-corrected chi connectivity index (χ3v) is 4.07. The highest BCUT2D eigenvalue weighted by Gasteiger charge is 2.23. The minimum atomic E-state index is -0.0673. The second kappa shape index (κ2) is 6.40. The van der Waals surface area contributed by atoms with E-state index in [4.69, 9.17) is 17.3 Å². The number of nitrogens with two attached hydrogens (primary N) is 1. The Morgan fingerprint density at radius 1 is 1.32 bits per heavy atom. The summed E-state index contributed by atoms with van der Waals surface area (Å²) in [5.41, 5.74) is 7.71. The normalized spacial score (nSPS) is 23.7. The highest BCUT2D eigenvalue weighted by atomic mass is 35.5. The molecule has 1 aromatic carbocycles. The van der Waals surface area contributed by atoms with Crippen LogP contribution in [0.1, 0.15) is 48.0 Å². The number of benzene rings is 1. The molecule has 19 heavy (non-hydrogen) atoms. The molecule has 0 heterocycles. The second-order valence-corrected chi connectivity index (χ2v) is 5.78. The molecule has 2 unspecified atom stereocenters. The summed E-state index contributed by atoms with van der Waals surface area (Å²) in [5.74, 6) is -0.0673. The zero-order chi connectivity index (χ0) is 13.8. The largest absolute Gasteiger partial charge is 0.348 e. The monoisotopic (exact) mass is 280 g/mol. The molecule has 0 spiro atoms. The lowest BCUT2D eigenvalue weighted by Crippen LogP contribution is -2.47. The van der Waals surface area contributed by atoms with E-state index in [9.17, 15) is 4.79 Å². The van der Waals surface area contributed by atoms with Crippen LogP contribution in [-0.4, -0.2) is 18.0 Å². The molecule has 1 aromatic rings. The van der Waals surface area contributed by atoms with Crippen molar-refractivity contribution in [3.8, 4) is 0 Å². The van der Waals surface area contributed by atoms with Crippen molar-refractivity contribution in [3.63, 3.8) is 0 Å². The average Bonchev–Trinajstić information content (AvgIpc) is 2.58. The van der Waals surface area contributed by atoms with Crippen LogP contribution in [0.2, 0.25) is 5.02 Å². The molecule has 0 aliphatic heterocycles.